The Labute approximate surface area is 341 Å². The standard InChI is InChI=1S/C54H57N3/c1-7-55(8-2)46-31-25-40(26-32-46)49-19-13-16-22-52(49)43-37-44(53-23-17-14-20-50(53)41-27-33-47(34-28-41)56(9-3)10-4)39-45(38-43)54-24-18-15-21-51(54)42-29-35-48(36-30-42)57(11-5)12-6/h13-39H,7-12H2,1-6H3. The van der Waals surface area contributed by atoms with Crippen molar-refractivity contribution in [2.24, 2.45) is 0 Å². The molecule has 0 saturated heterocycles. The van der Waals surface area contributed by atoms with E-state index in [1.54, 1.807) is 0 Å². The lowest BCUT2D eigenvalue weighted by Crippen LogP contribution is -2.21. The minimum atomic E-state index is 0.991. The lowest BCUT2D eigenvalue weighted by Gasteiger charge is -2.22. The average molecular weight is 748 g/mol. The molecule has 0 heterocycles. The second-order valence-corrected chi connectivity index (χ2v) is 14.6. The van der Waals surface area contributed by atoms with Crippen molar-refractivity contribution >= 4 is 17.1 Å². The van der Waals surface area contributed by atoms with Crippen LogP contribution in [0, 0.1) is 0 Å². The molecular weight excluding hydrogens is 691 g/mol. The molecule has 7 aromatic rings. The maximum Gasteiger partial charge on any atom is 0.0366 e. The molecule has 0 unspecified atom stereocenters. The molecule has 0 atom stereocenters. The van der Waals surface area contributed by atoms with E-state index in [0.29, 0.717) is 0 Å². The Balaban J connectivity index is 1.40. The van der Waals surface area contributed by atoms with Crippen LogP contribution in [0.25, 0.3) is 66.8 Å². The molecular formula is C54H57N3. The van der Waals surface area contributed by atoms with Gasteiger partial charge in [0.1, 0.15) is 0 Å². The highest BCUT2D eigenvalue weighted by Crippen LogP contribution is 2.42. The van der Waals surface area contributed by atoms with E-state index in [-0.39, 0.29) is 0 Å². The van der Waals surface area contributed by atoms with Crippen LogP contribution in [0.3, 0.4) is 0 Å². The SMILES string of the molecule is CCN(CC)c1ccc(-c2ccccc2-c2cc(-c3ccccc3-c3ccc(N(CC)CC)cc3)cc(-c3ccccc3-c3ccc(N(CC)CC)cc3)c2)cc1. The summed E-state index contributed by atoms with van der Waals surface area (Å²) in [5.74, 6) is 0. The van der Waals surface area contributed by atoms with E-state index >= 15 is 0 Å². The van der Waals surface area contributed by atoms with Crippen molar-refractivity contribution in [1.82, 2.24) is 0 Å². The number of rotatable bonds is 15. The summed E-state index contributed by atoms with van der Waals surface area (Å²) in [6.07, 6.45) is 0. The smallest absolute Gasteiger partial charge is 0.0366 e. The van der Waals surface area contributed by atoms with Crippen LogP contribution < -0.4 is 14.7 Å². The summed E-state index contributed by atoms with van der Waals surface area (Å²) in [6.45, 7) is 19.3. The molecule has 0 bridgehead atoms. The molecule has 0 N–H and O–H groups in total. The van der Waals surface area contributed by atoms with Crippen LogP contribution in [0.15, 0.2) is 164 Å². The first kappa shape index (κ1) is 39.2. The van der Waals surface area contributed by atoms with Crippen molar-refractivity contribution < 1.29 is 0 Å². The predicted molar refractivity (Wildman–Crippen MR) is 250 cm³/mol. The zero-order valence-electron chi connectivity index (χ0n) is 34.7. The van der Waals surface area contributed by atoms with E-state index in [1.165, 1.54) is 83.8 Å². The number of nitrogens with zero attached hydrogens (tertiary/aromatic N) is 3. The third-order valence-electron chi connectivity index (χ3n) is 11.6. The molecule has 0 aliphatic heterocycles. The summed E-state index contributed by atoms with van der Waals surface area (Å²) in [4.78, 5) is 7.19. The number of benzene rings is 7. The van der Waals surface area contributed by atoms with Crippen molar-refractivity contribution in [3.8, 4) is 66.8 Å². The first-order valence-corrected chi connectivity index (χ1v) is 21.0. The summed E-state index contributed by atoms with van der Waals surface area (Å²) < 4.78 is 0. The Kier molecular flexibility index (Phi) is 12.6. The zero-order valence-corrected chi connectivity index (χ0v) is 34.7. The van der Waals surface area contributed by atoms with Crippen LogP contribution in [-0.2, 0) is 0 Å². The maximum atomic E-state index is 2.40. The lowest BCUT2D eigenvalue weighted by molar-refractivity contribution is 0.866. The lowest BCUT2D eigenvalue weighted by atomic mass is 9.86. The highest BCUT2D eigenvalue weighted by Gasteiger charge is 2.17. The molecule has 0 aromatic heterocycles. The van der Waals surface area contributed by atoms with Crippen molar-refractivity contribution in [3.63, 3.8) is 0 Å². The van der Waals surface area contributed by atoms with Gasteiger partial charge in [0.05, 0.1) is 0 Å². The zero-order chi connectivity index (χ0) is 39.7. The molecule has 0 saturated carbocycles. The van der Waals surface area contributed by atoms with Gasteiger partial charge in [0, 0.05) is 56.3 Å². The van der Waals surface area contributed by atoms with Crippen LogP contribution >= 0.6 is 0 Å². The normalized spacial score (nSPS) is 11.1. The van der Waals surface area contributed by atoms with E-state index in [1.807, 2.05) is 0 Å². The molecule has 0 spiro atoms. The van der Waals surface area contributed by atoms with Crippen LogP contribution in [0.5, 0.6) is 0 Å². The fourth-order valence-electron chi connectivity index (χ4n) is 8.38. The molecule has 0 fully saturated rings. The summed E-state index contributed by atoms with van der Waals surface area (Å²) in [6, 6.07) is 61.2. The number of anilines is 3. The van der Waals surface area contributed by atoms with Gasteiger partial charge in [-0.25, -0.2) is 0 Å². The molecule has 0 aliphatic carbocycles. The molecule has 3 nitrogen and oxygen atoms in total. The van der Waals surface area contributed by atoms with Crippen molar-refractivity contribution in [3.05, 3.63) is 164 Å². The molecule has 3 heteroatoms. The van der Waals surface area contributed by atoms with Gasteiger partial charge in [-0.3, -0.25) is 0 Å². The molecule has 7 rings (SSSR count). The first-order valence-electron chi connectivity index (χ1n) is 21.0. The van der Waals surface area contributed by atoms with Gasteiger partial charge in [-0.1, -0.05) is 109 Å². The fraction of sp³-hybridized carbons (Fsp3) is 0.222. The second kappa shape index (κ2) is 18.3. The third kappa shape index (κ3) is 8.39. The molecule has 7 aromatic carbocycles. The van der Waals surface area contributed by atoms with Gasteiger partial charge >= 0.3 is 0 Å². The van der Waals surface area contributed by atoms with E-state index < -0.39 is 0 Å². The molecule has 0 radical (unpaired) electrons. The largest absolute Gasteiger partial charge is 0.372 e. The van der Waals surface area contributed by atoms with Gasteiger partial charge in [0.15, 0.2) is 0 Å². The van der Waals surface area contributed by atoms with Gasteiger partial charge in [0.25, 0.3) is 0 Å². The minimum Gasteiger partial charge on any atom is -0.372 e. The van der Waals surface area contributed by atoms with Gasteiger partial charge in [-0.05, 0) is 163 Å². The van der Waals surface area contributed by atoms with Gasteiger partial charge < -0.3 is 14.7 Å². The maximum absolute atomic E-state index is 2.40. The third-order valence-corrected chi connectivity index (χ3v) is 11.6. The van der Waals surface area contributed by atoms with E-state index in [9.17, 15) is 0 Å². The van der Waals surface area contributed by atoms with Gasteiger partial charge in [0.2, 0.25) is 0 Å². The summed E-state index contributed by atoms with van der Waals surface area (Å²) in [5.41, 5.74) is 18.4. The van der Waals surface area contributed by atoms with Crippen LogP contribution in [0.4, 0.5) is 17.1 Å². The number of hydrogen-bond donors (Lipinski definition) is 0. The summed E-state index contributed by atoms with van der Waals surface area (Å²) >= 11 is 0. The first-order chi connectivity index (χ1) is 28.0. The van der Waals surface area contributed by atoms with Gasteiger partial charge in [-0.2, -0.15) is 0 Å². The fourth-order valence-corrected chi connectivity index (χ4v) is 8.38. The summed E-state index contributed by atoms with van der Waals surface area (Å²) in [7, 11) is 0. The van der Waals surface area contributed by atoms with Crippen molar-refractivity contribution in [1.29, 1.82) is 0 Å². The Bertz CT molecular complexity index is 2080. The van der Waals surface area contributed by atoms with Crippen LogP contribution in [0.2, 0.25) is 0 Å². The average Bonchev–Trinajstić information content (AvgIpc) is 3.28. The van der Waals surface area contributed by atoms with E-state index in [0.717, 1.165) is 39.3 Å². The van der Waals surface area contributed by atoms with E-state index in [2.05, 4.69) is 220 Å². The molecule has 288 valence electrons. The van der Waals surface area contributed by atoms with Crippen LogP contribution in [0.1, 0.15) is 41.5 Å². The number of hydrogen-bond acceptors (Lipinski definition) is 3. The Morgan fingerprint density at radius 2 is 0.439 bits per heavy atom. The highest BCUT2D eigenvalue weighted by molar-refractivity contribution is 5.94. The Morgan fingerprint density at radius 3 is 0.632 bits per heavy atom. The Hall–Kier alpha value is -6.06. The minimum absolute atomic E-state index is 0.991. The molecule has 0 aliphatic rings. The van der Waals surface area contributed by atoms with Crippen molar-refractivity contribution in [2.75, 3.05) is 54.0 Å². The molecule has 57 heavy (non-hydrogen) atoms. The van der Waals surface area contributed by atoms with E-state index in [4.69, 9.17) is 0 Å². The monoisotopic (exact) mass is 747 g/mol. The van der Waals surface area contributed by atoms with Crippen molar-refractivity contribution in [2.45, 2.75) is 41.5 Å². The van der Waals surface area contributed by atoms with Crippen LogP contribution in [-0.4, -0.2) is 39.3 Å². The summed E-state index contributed by atoms with van der Waals surface area (Å²) in [5, 5.41) is 0. The quantitative estimate of drug-likeness (QED) is 0.103. The highest BCUT2D eigenvalue weighted by atomic mass is 15.1. The predicted octanol–water partition coefficient (Wildman–Crippen LogP) is 14.2. The molecule has 0 amide bonds. The van der Waals surface area contributed by atoms with Gasteiger partial charge in [-0.15, -0.1) is 0 Å². The second-order valence-electron chi connectivity index (χ2n) is 14.6. The topological polar surface area (TPSA) is 9.72 Å². The Morgan fingerprint density at radius 1 is 0.246 bits per heavy atom.